The van der Waals surface area contributed by atoms with Crippen molar-refractivity contribution in [1.29, 1.82) is 0 Å². The number of nitrogens with zero attached hydrogens (tertiary/aromatic N) is 2. The van der Waals surface area contributed by atoms with Crippen LogP contribution in [0.2, 0.25) is 0 Å². The highest BCUT2D eigenvalue weighted by Gasteiger charge is 1.91. The standard InChI is InChI=1S/C7H10N.C3H8N2.2CH4/c1-7-5-3-4-6-8(7)2;1-3(4)5-2;;/h3-6H,1-2H3;1-2H3,(H2,4,5);2*1H4/q+1;;;. The molecule has 0 saturated heterocycles. The first-order valence-corrected chi connectivity index (χ1v) is 4.18. The van der Waals surface area contributed by atoms with E-state index in [4.69, 9.17) is 5.73 Å². The number of aryl methyl sites for hydroxylation is 2. The summed E-state index contributed by atoms with van der Waals surface area (Å²) in [5.74, 6) is 0.630. The fourth-order valence-corrected chi connectivity index (χ4v) is 0.609. The Morgan fingerprint density at radius 2 is 1.80 bits per heavy atom. The molecule has 1 heterocycles. The largest absolute Gasteiger partial charge is 0.388 e. The summed E-state index contributed by atoms with van der Waals surface area (Å²) in [4.78, 5) is 3.58. The second-order valence-electron chi connectivity index (χ2n) is 2.82. The van der Waals surface area contributed by atoms with Crippen LogP contribution in [0.4, 0.5) is 0 Å². The van der Waals surface area contributed by atoms with Gasteiger partial charge in [0.05, 0.1) is 5.84 Å². The van der Waals surface area contributed by atoms with Crippen LogP contribution in [-0.2, 0) is 7.05 Å². The quantitative estimate of drug-likeness (QED) is 0.399. The van der Waals surface area contributed by atoms with Gasteiger partial charge in [-0.2, -0.15) is 0 Å². The molecule has 88 valence electrons. The number of hydrogen-bond acceptors (Lipinski definition) is 1. The maximum atomic E-state index is 5.04. The van der Waals surface area contributed by atoms with Crippen LogP contribution in [0.1, 0.15) is 27.5 Å². The van der Waals surface area contributed by atoms with E-state index in [1.807, 2.05) is 25.4 Å². The molecular formula is C12H26N3+. The van der Waals surface area contributed by atoms with E-state index in [1.54, 1.807) is 14.0 Å². The van der Waals surface area contributed by atoms with E-state index in [0.29, 0.717) is 5.84 Å². The lowest BCUT2D eigenvalue weighted by Gasteiger charge is -1.87. The highest BCUT2D eigenvalue weighted by atomic mass is 14.9. The molecule has 3 heteroatoms. The zero-order chi connectivity index (χ0) is 10.3. The average molecular weight is 212 g/mol. The molecule has 0 saturated carbocycles. The number of pyridine rings is 1. The summed E-state index contributed by atoms with van der Waals surface area (Å²) >= 11 is 0. The van der Waals surface area contributed by atoms with E-state index in [0.717, 1.165) is 0 Å². The molecule has 3 nitrogen and oxygen atoms in total. The molecule has 0 aliphatic rings. The van der Waals surface area contributed by atoms with E-state index in [-0.39, 0.29) is 14.9 Å². The topological polar surface area (TPSA) is 42.3 Å². The molecule has 0 spiro atoms. The van der Waals surface area contributed by atoms with Crippen molar-refractivity contribution in [3.8, 4) is 0 Å². The molecule has 0 aliphatic heterocycles. The van der Waals surface area contributed by atoms with Crippen molar-refractivity contribution in [3.63, 3.8) is 0 Å². The SMILES string of the molecule is C.C.CN=C(C)N.Cc1cccc[n+]1C. The van der Waals surface area contributed by atoms with Gasteiger partial charge in [0.25, 0.3) is 0 Å². The van der Waals surface area contributed by atoms with Gasteiger partial charge in [-0.05, 0) is 6.92 Å². The van der Waals surface area contributed by atoms with Gasteiger partial charge in [0.15, 0.2) is 11.9 Å². The van der Waals surface area contributed by atoms with Gasteiger partial charge in [0.2, 0.25) is 0 Å². The lowest BCUT2D eigenvalue weighted by atomic mass is 10.4. The summed E-state index contributed by atoms with van der Waals surface area (Å²) in [5, 5.41) is 0. The van der Waals surface area contributed by atoms with Crippen LogP contribution in [-0.4, -0.2) is 12.9 Å². The molecule has 0 amide bonds. The molecule has 15 heavy (non-hydrogen) atoms. The van der Waals surface area contributed by atoms with Crippen LogP contribution < -0.4 is 10.3 Å². The Bertz CT molecular complexity index is 255. The zero-order valence-electron chi connectivity index (χ0n) is 8.78. The third-order valence-electron chi connectivity index (χ3n) is 1.67. The Labute approximate surface area is 94.7 Å². The number of hydrogen-bond donors (Lipinski definition) is 1. The molecule has 1 aromatic heterocycles. The van der Waals surface area contributed by atoms with Crippen molar-refractivity contribution in [2.45, 2.75) is 28.7 Å². The van der Waals surface area contributed by atoms with E-state index >= 15 is 0 Å². The van der Waals surface area contributed by atoms with E-state index in [1.165, 1.54) is 5.69 Å². The first kappa shape index (κ1) is 19.2. The first-order valence-electron chi connectivity index (χ1n) is 4.18. The van der Waals surface area contributed by atoms with Crippen molar-refractivity contribution in [3.05, 3.63) is 30.1 Å². The van der Waals surface area contributed by atoms with Gasteiger partial charge in [0, 0.05) is 26.1 Å². The fraction of sp³-hybridized carbons (Fsp3) is 0.500. The monoisotopic (exact) mass is 212 g/mol. The second kappa shape index (κ2) is 10.7. The zero-order valence-corrected chi connectivity index (χ0v) is 8.78. The normalized spacial score (nSPS) is 8.93. The van der Waals surface area contributed by atoms with Crippen LogP contribution in [0.15, 0.2) is 29.4 Å². The van der Waals surface area contributed by atoms with Crippen molar-refractivity contribution in [2.24, 2.45) is 17.8 Å². The Hall–Kier alpha value is -1.38. The predicted octanol–water partition coefficient (Wildman–Crippen LogP) is 2.09. The van der Waals surface area contributed by atoms with E-state index in [2.05, 4.69) is 22.5 Å². The van der Waals surface area contributed by atoms with Crippen molar-refractivity contribution in [2.75, 3.05) is 7.05 Å². The van der Waals surface area contributed by atoms with Gasteiger partial charge in [-0.15, -0.1) is 0 Å². The number of aromatic nitrogens is 1. The molecule has 1 rings (SSSR count). The van der Waals surface area contributed by atoms with Crippen LogP contribution in [0.3, 0.4) is 0 Å². The molecular weight excluding hydrogens is 186 g/mol. The maximum Gasteiger partial charge on any atom is 0.177 e. The van der Waals surface area contributed by atoms with Crippen LogP contribution in [0.25, 0.3) is 0 Å². The third kappa shape index (κ3) is 10.5. The predicted molar refractivity (Wildman–Crippen MR) is 69.0 cm³/mol. The Balaban J connectivity index is -0.000000185. The Morgan fingerprint density at radius 1 is 1.33 bits per heavy atom. The van der Waals surface area contributed by atoms with Gasteiger partial charge >= 0.3 is 0 Å². The molecule has 0 radical (unpaired) electrons. The third-order valence-corrected chi connectivity index (χ3v) is 1.67. The van der Waals surface area contributed by atoms with Gasteiger partial charge in [-0.25, -0.2) is 4.57 Å². The Kier molecular flexibility index (Phi) is 13.7. The minimum Gasteiger partial charge on any atom is -0.388 e. The highest BCUT2D eigenvalue weighted by Crippen LogP contribution is 1.83. The number of rotatable bonds is 0. The van der Waals surface area contributed by atoms with Crippen molar-refractivity contribution >= 4 is 5.84 Å². The van der Waals surface area contributed by atoms with Gasteiger partial charge in [0.1, 0.15) is 7.05 Å². The average Bonchev–Trinajstić information content (AvgIpc) is 2.11. The van der Waals surface area contributed by atoms with E-state index < -0.39 is 0 Å². The summed E-state index contributed by atoms with van der Waals surface area (Å²) in [6.45, 7) is 3.83. The van der Waals surface area contributed by atoms with Gasteiger partial charge in [-0.1, -0.05) is 20.9 Å². The number of nitrogens with two attached hydrogens (primary N) is 1. The molecule has 2 N–H and O–H groups in total. The molecule has 0 aromatic carbocycles. The summed E-state index contributed by atoms with van der Waals surface area (Å²) in [6, 6.07) is 6.14. The Morgan fingerprint density at radius 3 is 2.00 bits per heavy atom. The second-order valence-corrected chi connectivity index (χ2v) is 2.82. The summed E-state index contributed by atoms with van der Waals surface area (Å²) < 4.78 is 2.08. The summed E-state index contributed by atoms with van der Waals surface area (Å²) in [7, 11) is 3.70. The van der Waals surface area contributed by atoms with Crippen LogP contribution in [0.5, 0.6) is 0 Å². The van der Waals surface area contributed by atoms with E-state index in [9.17, 15) is 0 Å². The van der Waals surface area contributed by atoms with Gasteiger partial charge < -0.3 is 5.73 Å². The van der Waals surface area contributed by atoms with Crippen molar-refractivity contribution in [1.82, 2.24) is 0 Å². The summed E-state index contributed by atoms with van der Waals surface area (Å²) in [6.07, 6.45) is 2.04. The molecule has 0 aliphatic carbocycles. The minimum absolute atomic E-state index is 0. The highest BCUT2D eigenvalue weighted by molar-refractivity contribution is 5.77. The van der Waals surface area contributed by atoms with Gasteiger partial charge in [-0.3, -0.25) is 4.99 Å². The lowest BCUT2D eigenvalue weighted by Crippen LogP contribution is -2.30. The summed E-state index contributed by atoms with van der Waals surface area (Å²) in [5.41, 5.74) is 6.33. The molecule has 1 aromatic rings. The van der Waals surface area contributed by atoms with Crippen LogP contribution in [0, 0.1) is 6.92 Å². The number of amidine groups is 1. The number of aliphatic imine (C=N–C) groups is 1. The maximum absolute atomic E-state index is 5.04. The molecule has 0 bridgehead atoms. The smallest absolute Gasteiger partial charge is 0.177 e. The molecule has 0 unspecified atom stereocenters. The minimum atomic E-state index is 0. The van der Waals surface area contributed by atoms with Crippen LogP contribution >= 0.6 is 0 Å². The molecule has 0 fully saturated rings. The van der Waals surface area contributed by atoms with Crippen molar-refractivity contribution < 1.29 is 4.57 Å². The molecule has 0 atom stereocenters. The fourth-order valence-electron chi connectivity index (χ4n) is 0.609. The lowest BCUT2D eigenvalue weighted by molar-refractivity contribution is -0.677. The first-order chi connectivity index (χ1) is 6.07.